The first-order chi connectivity index (χ1) is 15.9. The van der Waals surface area contributed by atoms with Crippen LogP contribution in [-0.2, 0) is 0 Å². The zero-order valence-electron chi connectivity index (χ0n) is 20.7. The van der Waals surface area contributed by atoms with Crippen LogP contribution in [0.2, 0.25) is 39.3 Å². The van der Waals surface area contributed by atoms with E-state index >= 15 is 0 Å². The van der Waals surface area contributed by atoms with Crippen molar-refractivity contribution < 1.29 is 4.39 Å². The average molecular weight is 593 g/mol. The largest absolute Gasteiger partial charge is 0.207 e. The lowest BCUT2D eigenvalue weighted by Crippen LogP contribution is -2.16. The molecule has 0 radical (unpaired) electrons. The van der Waals surface area contributed by atoms with Crippen LogP contribution < -0.4 is 0 Å². The van der Waals surface area contributed by atoms with Gasteiger partial charge in [-0.25, -0.2) is 4.39 Å². The van der Waals surface area contributed by atoms with Crippen molar-refractivity contribution >= 4 is 38.7 Å². The Kier molecular flexibility index (Phi) is 10.4. The standard InChI is InChI=1S/C19H17FSi.C11H13ISi/c1-21(2,3)15-14-18-8-6-16(7-9-18)4-5-17-10-12-19(20)13-11-17;1-13(2,3)9-8-10-4-6-11(12)7-5-10/h6-13H,1-3H3;4-7H,1-3H3. The van der Waals surface area contributed by atoms with Crippen LogP contribution >= 0.6 is 22.6 Å². The van der Waals surface area contributed by atoms with Crippen LogP contribution in [0.4, 0.5) is 4.39 Å². The Bertz CT molecular complexity index is 1260. The number of rotatable bonds is 0. The molecule has 0 atom stereocenters. The molecule has 0 aromatic heterocycles. The Hall–Kier alpha value is -2.57. The molecule has 0 spiro atoms. The molecule has 0 saturated carbocycles. The van der Waals surface area contributed by atoms with Crippen LogP contribution in [0, 0.1) is 44.2 Å². The van der Waals surface area contributed by atoms with Crippen molar-refractivity contribution in [3.8, 4) is 34.8 Å². The Labute approximate surface area is 220 Å². The van der Waals surface area contributed by atoms with E-state index in [9.17, 15) is 4.39 Å². The van der Waals surface area contributed by atoms with Crippen LogP contribution in [0.15, 0.2) is 72.8 Å². The lowest BCUT2D eigenvalue weighted by Gasteiger charge is -2.03. The van der Waals surface area contributed by atoms with Crippen molar-refractivity contribution in [2.45, 2.75) is 39.3 Å². The lowest BCUT2D eigenvalue weighted by atomic mass is 10.1. The number of hydrogen-bond donors (Lipinski definition) is 0. The van der Waals surface area contributed by atoms with Gasteiger partial charge in [0, 0.05) is 25.8 Å². The summed E-state index contributed by atoms with van der Waals surface area (Å²) in [6.45, 7) is 13.4. The Morgan fingerprint density at radius 1 is 0.500 bits per heavy atom. The number of hydrogen-bond acceptors (Lipinski definition) is 0. The summed E-state index contributed by atoms with van der Waals surface area (Å²) in [5.74, 6) is 12.3. The molecule has 0 saturated heterocycles. The molecule has 3 aromatic rings. The second-order valence-corrected chi connectivity index (χ2v) is 20.6. The summed E-state index contributed by atoms with van der Waals surface area (Å²) in [5.41, 5.74) is 10.6. The minimum atomic E-state index is -1.34. The molecule has 3 rings (SSSR count). The van der Waals surface area contributed by atoms with Gasteiger partial charge in [0.1, 0.15) is 22.0 Å². The number of benzene rings is 3. The second-order valence-electron chi connectivity index (χ2n) is 9.84. The monoisotopic (exact) mass is 592 g/mol. The Morgan fingerprint density at radius 3 is 1.15 bits per heavy atom. The van der Waals surface area contributed by atoms with Crippen molar-refractivity contribution in [1.29, 1.82) is 0 Å². The van der Waals surface area contributed by atoms with E-state index in [0.29, 0.717) is 0 Å². The molecule has 0 nitrogen and oxygen atoms in total. The molecule has 0 aliphatic rings. The molecular formula is C30H30FISi2. The highest BCUT2D eigenvalue weighted by Crippen LogP contribution is 2.07. The maximum Gasteiger partial charge on any atom is 0.129 e. The molecule has 0 unspecified atom stereocenters. The predicted molar refractivity (Wildman–Crippen MR) is 158 cm³/mol. The topological polar surface area (TPSA) is 0 Å². The van der Waals surface area contributed by atoms with E-state index in [1.807, 2.05) is 24.3 Å². The van der Waals surface area contributed by atoms with Crippen molar-refractivity contribution in [2.24, 2.45) is 0 Å². The summed E-state index contributed by atoms with van der Waals surface area (Å²) in [6.07, 6.45) is 0. The molecular weight excluding hydrogens is 562 g/mol. The molecule has 0 amide bonds. The molecule has 4 heteroatoms. The minimum Gasteiger partial charge on any atom is -0.207 e. The first kappa shape index (κ1) is 27.7. The predicted octanol–water partition coefficient (Wildman–Crippen LogP) is 7.97. The van der Waals surface area contributed by atoms with Gasteiger partial charge in [-0.05, 0) is 95.4 Å². The summed E-state index contributed by atoms with van der Waals surface area (Å²) >= 11 is 2.30. The molecule has 0 fully saturated rings. The maximum atomic E-state index is 12.8. The van der Waals surface area contributed by atoms with E-state index in [1.165, 1.54) is 15.7 Å². The maximum absolute atomic E-state index is 12.8. The fraction of sp³-hybridized carbons (Fsp3) is 0.200. The molecule has 0 aliphatic carbocycles. The highest BCUT2D eigenvalue weighted by Gasteiger charge is 2.07. The van der Waals surface area contributed by atoms with Crippen LogP contribution in [0.3, 0.4) is 0 Å². The normalized spacial score (nSPS) is 10.2. The van der Waals surface area contributed by atoms with Crippen molar-refractivity contribution in [1.82, 2.24) is 0 Å². The molecule has 0 N–H and O–H groups in total. The van der Waals surface area contributed by atoms with Gasteiger partial charge in [0.2, 0.25) is 0 Å². The second kappa shape index (κ2) is 12.8. The van der Waals surface area contributed by atoms with Gasteiger partial charge in [-0.15, -0.1) is 11.1 Å². The average Bonchev–Trinajstić information content (AvgIpc) is 2.77. The smallest absolute Gasteiger partial charge is 0.129 e. The van der Waals surface area contributed by atoms with Crippen molar-refractivity contribution in [2.75, 3.05) is 0 Å². The van der Waals surface area contributed by atoms with Crippen molar-refractivity contribution in [3.05, 3.63) is 104 Å². The molecule has 0 heterocycles. The van der Waals surface area contributed by atoms with Crippen LogP contribution in [0.1, 0.15) is 22.3 Å². The fourth-order valence-corrected chi connectivity index (χ4v) is 3.77. The van der Waals surface area contributed by atoms with Crippen molar-refractivity contribution in [3.63, 3.8) is 0 Å². The molecule has 3 aromatic carbocycles. The van der Waals surface area contributed by atoms with Gasteiger partial charge in [0.15, 0.2) is 0 Å². The third kappa shape index (κ3) is 12.1. The Balaban J connectivity index is 0.000000270. The van der Waals surface area contributed by atoms with E-state index in [1.54, 1.807) is 12.1 Å². The van der Waals surface area contributed by atoms with Crippen LogP contribution in [0.25, 0.3) is 0 Å². The van der Waals surface area contributed by atoms with Gasteiger partial charge in [0.25, 0.3) is 0 Å². The summed E-state index contributed by atoms with van der Waals surface area (Å²) in [5, 5.41) is 0. The van der Waals surface area contributed by atoms with Gasteiger partial charge in [-0.1, -0.05) is 63.0 Å². The van der Waals surface area contributed by atoms with Gasteiger partial charge in [0.05, 0.1) is 0 Å². The molecule has 172 valence electrons. The molecule has 34 heavy (non-hydrogen) atoms. The highest BCUT2D eigenvalue weighted by atomic mass is 127. The highest BCUT2D eigenvalue weighted by molar-refractivity contribution is 14.1. The summed E-state index contributed by atoms with van der Waals surface area (Å²) < 4.78 is 14.1. The Morgan fingerprint density at radius 2 is 0.794 bits per heavy atom. The van der Waals surface area contributed by atoms with Gasteiger partial charge < -0.3 is 0 Å². The van der Waals surface area contributed by atoms with Gasteiger partial charge >= 0.3 is 0 Å². The minimum absolute atomic E-state index is 0.245. The van der Waals surface area contributed by atoms with E-state index in [0.717, 1.165) is 22.3 Å². The number of halogens is 2. The summed E-state index contributed by atoms with van der Waals surface area (Å²) in [7, 11) is -2.55. The quantitative estimate of drug-likeness (QED) is 0.141. The zero-order valence-corrected chi connectivity index (χ0v) is 24.8. The van der Waals surface area contributed by atoms with E-state index in [2.05, 4.69) is 121 Å². The first-order valence-corrected chi connectivity index (χ1v) is 19.2. The molecule has 0 bridgehead atoms. The van der Waals surface area contributed by atoms with Gasteiger partial charge in [-0.3, -0.25) is 0 Å². The molecule has 0 aliphatic heterocycles. The van der Waals surface area contributed by atoms with E-state index in [-0.39, 0.29) is 5.82 Å². The lowest BCUT2D eigenvalue weighted by molar-refractivity contribution is 0.627. The SMILES string of the molecule is C[Si](C)(C)C#Cc1ccc(C#Cc2ccc(F)cc2)cc1.C[Si](C)(C)C#Cc1ccc(I)cc1. The van der Waals surface area contributed by atoms with Gasteiger partial charge in [-0.2, -0.15) is 0 Å². The third-order valence-electron chi connectivity index (χ3n) is 4.09. The fourth-order valence-electron chi connectivity index (χ4n) is 2.37. The zero-order chi connectivity index (χ0) is 25.2. The summed E-state index contributed by atoms with van der Waals surface area (Å²) in [6, 6.07) is 22.4. The van der Waals surface area contributed by atoms with E-state index in [4.69, 9.17) is 0 Å². The van der Waals surface area contributed by atoms with Crippen LogP contribution in [0.5, 0.6) is 0 Å². The third-order valence-corrected chi connectivity index (χ3v) is 6.56. The summed E-state index contributed by atoms with van der Waals surface area (Å²) in [4.78, 5) is 0. The van der Waals surface area contributed by atoms with E-state index < -0.39 is 16.1 Å². The first-order valence-electron chi connectivity index (χ1n) is 11.1. The van der Waals surface area contributed by atoms with Crippen LogP contribution in [-0.4, -0.2) is 16.1 Å².